The number of benzene rings is 2. The number of aromatic hydroxyl groups is 1. The number of aryl methyl sites for hydroxylation is 2. The maximum Gasteiger partial charge on any atom is 0.359 e. The molecule has 4 aromatic rings. The molecule has 0 radical (unpaired) electrons. The zero-order chi connectivity index (χ0) is 63.2. The van der Waals surface area contributed by atoms with Gasteiger partial charge in [-0.25, -0.2) is 33.3 Å². The molecule has 3 fully saturated rings. The van der Waals surface area contributed by atoms with Crippen LogP contribution in [0.1, 0.15) is 37.1 Å². The molecule has 34 nitrogen and oxygen atoms in total. The number of esters is 1. The van der Waals surface area contributed by atoms with Crippen molar-refractivity contribution in [1.29, 1.82) is 0 Å². The summed E-state index contributed by atoms with van der Waals surface area (Å²) in [6.07, 6.45) is 0. The molecule has 9 rings (SSSR count). The van der Waals surface area contributed by atoms with Crippen molar-refractivity contribution in [2.75, 3.05) is 62.3 Å². The zero-order valence-corrected chi connectivity index (χ0v) is 50.0. The summed E-state index contributed by atoms with van der Waals surface area (Å²) in [5.41, 5.74) is 0.258. The predicted molar refractivity (Wildman–Crippen MR) is 305 cm³/mol. The molecule has 38 heteroatoms. The van der Waals surface area contributed by atoms with Crippen LogP contribution in [0.2, 0.25) is 0 Å². The summed E-state index contributed by atoms with van der Waals surface area (Å²) in [5, 5.41) is 64.9. The maximum absolute atomic E-state index is 14.4. The average molecular weight is 1290 g/mol. The highest BCUT2D eigenvalue weighted by molar-refractivity contribution is 8.01. The summed E-state index contributed by atoms with van der Waals surface area (Å²) in [6.45, 7) is 3.23. The summed E-state index contributed by atoms with van der Waals surface area (Å²) < 4.78 is 8.59. The molecular formula is C50H54N18O16S4. The lowest BCUT2D eigenvalue weighted by molar-refractivity contribution is -0.153. The van der Waals surface area contributed by atoms with Crippen molar-refractivity contribution < 1.29 is 77.6 Å². The fraction of sp³-hybridized carbons (Fsp3) is 0.400. The van der Waals surface area contributed by atoms with Gasteiger partial charge < -0.3 is 56.4 Å². The molecular weight excluding hydrogens is 1240 g/mol. The number of phenolic OH excluding ortho intramolecular Hbond substituents is 1. The molecule has 88 heavy (non-hydrogen) atoms. The standard InChI is InChI=1S/C50H54N18O16S4/c1-5-64-15-17-66(41(75)39(64)73)47(82)54-29(23-7-11-27(69)12-8-23)35(70)51-32(44(77)78)37-53-31(25(19-85-37)20-87-49-56-58-60-62(49)3)46(81)84-28-13-9-24(10-14-28)30(55-48(83)67-18-16-65(6-2)40(74)42(67)76)36(71)52-33-38(72)68-34(45(79)80)26(21-86-43(33)68)22-88-50-57-59-61-63(50)4/h7-14,29-30,32-33,37,43,53,69H,5-6,15-22H2,1-4H3,(H,51,70)(H,52,71)(H,54,82)(H,55,83)(H,77,78)(H,79,80)/t29-,30-,32+,33-,37-,43-/m1/s1. The number of amides is 11. The third-order valence-electron chi connectivity index (χ3n) is 14.2. The lowest BCUT2D eigenvalue weighted by Gasteiger charge is -2.49. The number of carbonyl (C=O) groups excluding carboxylic acids is 10. The number of phenols is 1. The van der Waals surface area contributed by atoms with Crippen molar-refractivity contribution in [2.45, 2.75) is 59.1 Å². The number of imide groups is 2. The highest BCUT2D eigenvalue weighted by Crippen LogP contribution is 2.42. The number of piperazine rings is 2. The number of tetrazole rings is 2. The molecule has 6 atom stereocenters. The maximum atomic E-state index is 14.4. The molecule has 0 saturated carbocycles. The van der Waals surface area contributed by atoms with Gasteiger partial charge >= 0.3 is 53.6 Å². The number of β-lactam (4-membered cyclic amide) rings is 1. The second kappa shape index (κ2) is 27.2. The van der Waals surface area contributed by atoms with Crippen LogP contribution in [0.5, 0.6) is 11.5 Å². The number of rotatable bonds is 21. The topological polar surface area (TPSA) is 438 Å². The van der Waals surface area contributed by atoms with Crippen molar-refractivity contribution in [2.24, 2.45) is 14.1 Å². The van der Waals surface area contributed by atoms with Crippen LogP contribution < -0.4 is 31.3 Å². The number of urea groups is 2. The van der Waals surface area contributed by atoms with Crippen LogP contribution in [0.4, 0.5) is 9.59 Å². The molecule has 0 bridgehead atoms. The number of carboxylic acids is 2. The van der Waals surface area contributed by atoms with Gasteiger partial charge in [0.2, 0.25) is 22.1 Å². The largest absolute Gasteiger partial charge is 0.508 e. The van der Waals surface area contributed by atoms with Crippen molar-refractivity contribution in [3.8, 4) is 11.5 Å². The van der Waals surface area contributed by atoms with Gasteiger partial charge in [0.25, 0.3) is 5.91 Å². The van der Waals surface area contributed by atoms with Crippen LogP contribution in [0.3, 0.4) is 0 Å². The van der Waals surface area contributed by atoms with Crippen molar-refractivity contribution in [1.82, 2.24) is 91.5 Å². The van der Waals surface area contributed by atoms with Crippen LogP contribution in [0, 0.1) is 0 Å². The number of carbonyl (C=O) groups is 12. The Labute approximate surface area is 514 Å². The Balaban J connectivity index is 0.943. The van der Waals surface area contributed by atoms with E-state index in [9.17, 15) is 72.9 Å². The molecule has 464 valence electrons. The first-order chi connectivity index (χ1) is 42.1. The fourth-order valence-corrected chi connectivity index (χ4v) is 14.0. The smallest absolute Gasteiger partial charge is 0.359 e. The third kappa shape index (κ3) is 13.5. The number of nitrogens with one attached hydrogen (secondary N) is 5. The van der Waals surface area contributed by atoms with Crippen LogP contribution >= 0.6 is 47.0 Å². The third-order valence-corrected chi connectivity index (χ3v) is 19.0. The van der Waals surface area contributed by atoms with E-state index in [1.807, 2.05) is 0 Å². The van der Waals surface area contributed by atoms with Crippen LogP contribution in [-0.4, -0.2) is 237 Å². The monoisotopic (exact) mass is 1290 g/mol. The number of hydrogen-bond donors (Lipinski definition) is 8. The molecule has 11 amide bonds. The van der Waals surface area contributed by atoms with E-state index in [1.54, 1.807) is 27.9 Å². The van der Waals surface area contributed by atoms with Gasteiger partial charge in [0, 0.05) is 76.4 Å². The highest BCUT2D eigenvalue weighted by atomic mass is 32.2. The van der Waals surface area contributed by atoms with Crippen LogP contribution in [0.15, 0.2) is 81.4 Å². The van der Waals surface area contributed by atoms with Crippen LogP contribution in [0.25, 0.3) is 0 Å². The molecule has 5 aliphatic heterocycles. The van der Waals surface area contributed by atoms with Crippen molar-refractivity contribution in [3.63, 3.8) is 0 Å². The van der Waals surface area contributed by atoms with Gasteiger partial charge in [0.05, 0.1) is 0 Å². The summed E-state index contributed by atoms with van der Waals surface area (Å²) >= 11 is 4.41. The molecule has 0 unspecified atom stereocenters. The quantitative estimate of drug-likeness (QED) is 0.0143. The van der Waals surface area contributed by atoms with E-state index >= 15 is 0 Å². The Morgan fingerprint density at radius 3 is 1.69 bits per heavy atom. The van der Waals surface area contributed by atoms with Gasteiger partial charge in [-0.05, 0) is 81.2 Å². The minimum Gasteiger partial charge on any atom is -0.508 e. The molecule has 7 heterocycles. The SMILES string of the molecule is CCN1CCN(C(=O)N[C@@H](C(=O)N[C@H](C(=O)O)[C@@H]2NC(C(=O)Oc3ccc([C@@H](NC(=O)N4CCN(CC)C(=O)C4=O)C(=O)N[C@@H]4C(=O)N5C(C(=O)O)=C(CSc6nnnn6C)CS[C@H]45)cc3)=C(CSc3nnnn3C)CS2)c2ccc(O)cc2)C(=O)C1=O. The van der Waals surface area contributed by atoms with E-state index in [2.05, 4.69) is 57.6 Å². The molecule has 2 aromatic heterocycles. The molecule has 5 aliphatic rings. The Morgan fingerprint density at radius 2 is 1.19 bits per heavy atom. The molecule has 2 aromatic carbocycles. The first-order valence-electron chi connectivity index (χ1n) is 26.6. The highest BCUT2D eigenvalue weighted by Gasteiger charge is 2.55. The number of aromatic nitrogens is 8. The molecule has 3 saturated heterocycles. The predicted octanol–water partition coefficient (Wildman–Crippen LogP) is -2.26. The van der Waals surface area contributed by atoms with Gasteiger partial charge in [0.15, 0.2) is 6.04 Å². The average Bonchev–Trinajstić information content (AvgIpc) is 0.859. The number of aliphatic carboxylic acids is 2. The van der Waals surface area contributed by atoms with E-state index < -0.39 is 106 Å². The number of fused-ring (bicyclic) bond motifs is 1. The zero-order valence-electron chi connectivity index (χ0n) is 46.7. The van der Waals surface area contributed by atoms with Gasteiger partial charge in [-0.1, -0.05) is 47.8 Å². The minimum atomic E-state index is -1.87. The Bertz CT molecular complexity index is 3570. The van der Waals surface area contributed by atoms with E-state index in [4.69, 9.17) is 4.74 Å². The number of ether oxygens (including phenoxy) is 1. The lowest BCUT2D eigenvalue weighted by Crippen LogP contribution is -2.71. The fourth-order valence-electron chi connectivity index (χ4n) is 9.47. The van der Waals surface area contributed by atoms with E-state index in [-0.39, 0.29) is 96.3 Å². The number of carboxylic acid groups (broad SMARTS) is 2. The summed E-state index contributed by atoms with van der Waals surface area (Å²) in [6, 6.07) is 1.09. The summed E-state index contributed by atoms with van der Waals surface area (Å²) in [7, 11) is 3.18. The molecule has 8 N–H and O–H groups in total. The number of likely N-dealkylation sites (N-methyl/N-ethyl adjacent to an activating group) is 2. The van der Waals surface area contributed by atoms with Gasteiger partial charge in [0.1, 0.15) is 51.8 Å². The minimum absolute atomic E-state index is 0.00193. The van der Waals surface area contributed by atoms with Gasteiger partial charge in [-0.2, -0.15) is 0 Å². The van der Waals surface area contributed by atoms with Crippen molar-refractivity contribution >= 4 is 118 Å². The molecule has 0 aliphatic carbocycles. The van der Waals surface area contributed by atoms with Gasteiger partial charge in [-0.15, -0.1) is 33.7 Å². The summed E-state index contributed by atoms with van der Waals surface area (Å²) in [4.78, 5) is 167. The van der Waals surface area contributed by atoms with Crippen molar-refractivity contribution in [3.05, 3.63) is 82.2 Å². The Morgan fingerprint density at radius 1 is 0.682 bits per heavy atom. The number of thioether (sulfide) groups is 4. The molecule has 0 spiro atoms. The Kier molecular flexibility index (Phi) is 19.5. The Hall–Kier alpha value is -9.30. The first kappa shape index (κ1) is 63.2. The van der Waals surface area contributed by atoms with E-state index in [0.717, 1.165) is 40.2 Å². The second-order valence-corrected chi connectivity index (χ2v) is 23.7. The normalized spacial score (nSPS) is 19.7. The van der Waals surface area contributed by atoms with E-state index in [0.29, 0.717) is 31.3 Å². The van der Waals surface area contributed by atoms with Gasteiger partial charge in [-0.3, -0.25) is 48.3 Å². The number of hydrogen-bond acceptors (Lipinski definition) is 25. The lowest BCUT2D eigenvalue weighted by atomic mass is 10.0. The first-order valence-corrected chi connectivity index (χ1v) is 30.6. The second-order valence-electron chi connectivity index (χ2n) is 19.6. The van der Waals surface area contributed by atoms with E-state index in [1.165, 1.54) is 79.5 Å². The van der Waals surface area contributed by atoms with Crippen LogP contribution in [-0.2, 0) is 62.0 Å². The summed E-state index contributed by atoms with van der Waals surface area (Å²) in [5.74, 6) is -11.3. The number of nitrogens with zero attached hydrogens (tertiary/aromatic N) is 13.